The van der Waals surface area contributed by atoms with Crippen molar-refractivity contribution in [2.45, 2.75) is 20.0 Å². The lowest BCUT2D eigenvalue weighted by Gasteiger charge is -2.13. The number of rotatable bonds is 7. The number of ether oxygens (including phenoxy) is 2. The fraction of sp³-hybridized carbons (Fsp3) is 0.368. The van der Waals surface area contributed by atoms with Gasteiger partial charge >= 0.3 is 5.97 Å². The van der Waals surface area contributed by atoms with Gasteiger partial charge in [0.2, 0.25) is 6.10 Å². The molecule has 3 atom stereocenters. The Balaban J connectivity index is 2.07. The van der Waals surface area contributed by atoms with Gasteiger partial charge in [-0.1, -0.05) is 72.4 Å². The summed E-state index contributed by atoms with van der Waals surface area (Å²) < 4.78 is 11.1. The van der Waals surface area contributed by atoms with Crippen LogP contribution in [-0.4, -0.2) is 12.6 Å². The number of nitriles is 1. The Hall–Kier alpha value is -1.38. The third kappa shape index (κ3) is 5.80. The molecule has 0 N–H and O–H groups in total. The van der Waals surface area contributed by atoms with E-state index in [1.807, 2.05) is 19.9 Å². The van der Waals surface area contributed by atoms with Gasteiger partial charge in [-0.2, -0.15) is 5.26 Å². The molecule has 0 spiro atoms. The van der Waals surface area contributed by atoms with Crippen molar-refractivity contribution in [2.24, 2.45) is 17.3 Å². The van der Waals surface area contributed by atoms with Crippen molar-refractivity contribution in [3.63, 3.8) is 0 Å². The molecule has 3 unspecified atom stereocenters. The van der Waals surface area contributed by atoms with Crippen molar-refractivity contribution in [1.29, 1.82) is 5.26 Å². The highest BCUT2D eigenvalue weighted by Gasteiger charge is 2.62. The van der Waals surface area contributed by atoms with Crippen LogP contribution in [0.2, 0.25) is 0 Å². The lowest BCUT2D eigenvalue weighted by Crippen LogP contribution is -2.14. The van der Waals surface area contributed by atoms with E-state index in [2.05, 4.69) is 0 Å². The van der Waals surface area contributed by atoms with Crippen molar-refractivity contribution in [3.8, 4) is 11.8 Å². The molecule has 1 aromatic rings. The third-order valence-corrected chi connectivity index (χ3v) is 5.03. The molecule has 0 aromatic heterocycles. The van der Waals surface area contributed by atoms with Crippen LogP contribution in [0.3, 0.4) is 0 Å². The normalized spacial score (nSPS) is 20.6. The molecular formula is C19H17Cl4NO3. The molecule has 1 saturated carbocycles. The van der Waals surface area contributed by atoms with Gasteiger partial charge in [0, 0.05) is 5.56 Å². The van der Waals surface area contributed by atoms with Crippen LogP contribution in [-0.2, 0) is 9.53 Å². The molecule has 1 aliphatic carbocycles. The summed E-state index contributed by atoms with van der Waals surface area (Å²) in [5.74, 6) is -0.506. The summed E-state index contributed by atoms with van der Waals surface area (Å²) in [5, 5.41) is 9.45. The highest BCUT2D eigenvalue weighted by Crippen LogP contribution is 2.60. The van der Waals surface area contributed by atoms with Gasteiger partial charge in [0.15, 0.2) is 0 Å². The Kier molecular flexibility index (Phi) is 7.47. The number of hydrogen-bond donors (Lipinski definition) is 0. The average molecular weight is 449 g/mol. The van der Waals surface area contributed by atoms with Gasteiger partial charge in [-0.25, -0.2) is 0 Å². The first-order valence-corrected chi connectivity index (χ1v) is 9.55. The molecule has 0 saturated heterocycles. The topological polar surface area (TPSA) is 59.3 Å². The minimum atomic E-state index is -1.05. The van der Waals surface area contributed by atoms with E-state index in [9.17, 15) is 10.1 Å². The Morgan fingerprint density at radius 1 is 1.30 bits per heavy atom. The van der Waals surface area contributed by atoms with Crippen LogP contribution in [0.25, 0.3) is 0 Å². The largest absolute Gasteiger partial charge is 0.489 e. The van der Waals surface area contributed by atoms with Gasteiger partial charge in [0.05, 0.1) is 5.92 Å². The quantitative estimate of drug-likeness (QED) is 0.474. The Bertz CT molecular complexity index is 805. The van der Waals surface area contributed by atoms with Crippen molar-refractivity contribution >= 4 is 52.4 Å². The second-order valence-electron chi connectivity index (χ2n) is 6.60. The van der Waals surface area contributed by atoms with Gasteiger partial charge in [-0.05, 0) is 35.6 Å². The SMILES string of the molecule is CC1(C)C(C=C(Cl)Cl)C1C(=O)OC(C#N)c1cccc(OCC=C(Cl)Cl)c1. The summed E-state index contributed by atoms with van der Waals surface area (Å²) >= 11 is 22.5. The zero-order chi connectivity index (χ0) is 20.2. The van der Waals surface area contributed by atoms with Gasteiger partial charge in [0.1, 0.15) is 27.4 Å². The molecule has 8 heteroatoms. The van der Waals surface area contributed by atoms with Crippen LogP contribution >= 0.6 is 46.4 Å². The lowest BCUT2D eigenvalue weighted by atomic mass is 10.1. The Morgan fingerprint density at radius 2 is 2.00 bits per heavy atom. The van der Waals surface area contributed by atoms with Crippen molar-refractivity contribution in [2.75, 3.05) is 6.61 Å². The first-order chi connectivity index (χ1) is 12.7. The maximum absolute atomic E-state index is 12.5. The molecule has 1 aliphatic rings. The molecule has 0 radical (unpaired) electrons. The van der Waals surface area contributed by atoms with Crippen LogP contribution in [0, 0.1) is 28.6 Å². The molecule has 0 heterocycles. The maximum Gasteiger partial charge on any atom is 0.311 e. The molecule has 27 heavy (non-hydrogen) atoms. The second-order valence-corrected chi connectivity index (χ2v) is 8.62. The van der Waals surface area contributed by atoms with Crippen molar-refractivity contribution < 1.29 is 14.3 Å². The van der Waals surface area contributed by atoms with Gasteiger partial charge in [0.25, 0.3) is 0 Å². The molecule has 0 bridgehead atoms. The molecule has 0 aliphatic heterocycles. The van der Waals surface area contributed by atoms with E-state index in [0.717, 1.165) is 0 Å². The number of allylic oxidation sites excluding steroid dienone is 1. The van der Waals surface area contributed by atoms with Crippen LogP contribution in [0.4, 0.5) is 0 Å². The highest BCUT2D eigenvalue weighted by atomic mass is 35.5. The molecule has 2 rings (SSSR count). The number of carbonyl (C=O) groups is 1. The van der Waals surface area contributed by atoms with Crippen LogP contribution in [0.15, 0.2) is 45.4 Å². The highest BCUT2D eigenvalue weighted by molar-refractivity contribution is 6.56. The summed E-state index contributed by atoms with van der Waals surface area (Å²) in [4.78, 5) is 12.5. The van der Waals surface area contributed by atoms with E-state index in [-0.39, 0.29) is 26.9 Å². The standard InChI is InChI=1S/C19H17Cl4NO3/c1-19(2)13(9-16(22)23)17(19)18(25)27-14(10-24)11-4-3-5-12(8-11)26-7-6-15(20)21/h3-6,8-9,13-14,17H,7H2,1-2H3. The zero-order valence-electron chi connectivity index (χ0n) is 14.6. The summed E-state index contributed by atoms with van der Waals surface area (Å²) in [7, 11) is 0. The number of benzene rings is 1. The number of halogens is 4. The summed E-state index contributed by atoms with van der Waals surface area (Å²) in [6.45, 7) is 4.01. The van der Waals surface area contributed by atoms with Crippen molar-refractivity contribution in [3.05, 3.63) is 51.0 Å². The minimum absolute atomic E-state index is 0.0997. The number of carbonyl (C=O) groups excluding carboxylic acids is 1. The summed E-state index contributed by atoms with van der Waals surface area (Å²) in [5.41, 5.74) is 0.176. The predicted molar refractivity (Wildman–Crippen MR) is 107 cm³/mol. The third-order valence-electron chi connectivity index (χ3n) is 4.47. The van der Waals surface area contributed by atoms with E-state index >= 15 is 0 Å². The van der Waals surface area contributed by atoms with Crippen LogP contribution in [0.1, 0.15) is 25.5 Å². The van der Waals surface area contributed by atoms with Gasteiger partial charge in [-0.3, -0.25) is 4.79 Å². The number of hydrogen-bond acceptors (Lipinski definition) is 4. The fourth-order valence-electron chi connectivity index (χ4n) is 2.90. The lowest BCUT2D eigenvalue weighted by molar-refractivity contribution is -0.149. The van der Waals surface area contributed by atoms with Crippen LogP contribution in [0.5, 0.6) is 5.75 Å². The first kappa shape index (κ1) is 21.9. The Morgan fingerprint density at radius 3 is 2.59 bits per heavy atom. The first-order valence-electron chi connectivity index (χ1n) is 8.03. The predicted octanol–water partition coefficient (Wildman–Crippen LogP) is 6.08. The molecule has 4 nitrogen and oxygen atoms in total. The van der Waals surface area contributed by atoms with E-state index in [4.69, 9.17) is 55.9 Å². The second kappa shape index (κ2) is 9.21. The van der Waals surface area contributed by atoms with E-state index < -0.39 is 18.0 Å². The van der Waals surface area contributed by atoms with Crippen LogP contribution < -0.4 is 4.74 Å². The number of nitrogens with zero attached hydrogens (tertiary/aromatic N) is 1. The molecule has 0 amide bonds. The Labute approximate surface area is 178 Å². The monoisotopic (exact) mass is 447 g/mol. The van der Waals surface area contributed by atoms with Gasteiger partial charge in [-0.15, -0.1) is 0 Å². The maximum atomic E-state index is 12.5. The molecule has 144 valence electrons. The smallest absolute Gasteiger partial charge is 0.311 e. The summed E-state index contributed by atoms with van der Waals surface area (Å²) in [6.07, 6.45) is 2.06. The van der Waals surface area contributed by atoms with E-state index in [1.54, 1.807) is 30.3 Å². The van der Waals surface area contributed by atoms with Crippen molar-refractivity contribution in [1.82, 2.24) is 0 Å². The number of esters is 1. The van der Waals surface area contributed by atoms with E-state index in [1.165, 1.54) is 6.08 Å². The average Bonchev–Trinajstić information content (AvgIpc) is 3.12. The fourth-order valence-corrected chi connectivity index (χ4v) is 3.30. The molecule has 1 aromatic carbocycles. The molecule has 1 fully saturated rings. The zero-order valence-corrected chi connectivity index (χ0v) is 17.6. The molecular weight excluding hydrogens is 432 g/mol. The van der Waals surface area contributed by atoms with E-state index in [0.29, 0.717) is 11.3 Å². The van der Waals surface area contributed by atoms with Gasteiger partial charge < -0.3 is 9.47 Å². The summed E-state index contributed by atoms with van der Waals surface area (Å²) in [6, 6.07) is 8.72. The minimum Gasteiger partial charge on any atom is -0.489 e.